The van der Waals surface area contributed by atoms with Gasteiger partial charge in [-0.1, -0.05) is 6.92 Å². The molecule has 0 atom stereocenters. The zero-order valence-corrected chi connectivity index (χ0v) is 9.94. The summed E-state index contributed by atoms with van der Waals surface area (Å²) >= 11 is 0. The van der Waals surface area contributed by atoms with E-state index in [9.17, 15) is 0 Å². The highest BCUT2D eigenvalue weighted by atomic mass is 16.6. The molecule has 1 heterocycles. The molecule has 0 radical (unpaired) electrons. The summed E-state index contributed by atoms with van der Waals surface area (Å²) in [4.78, 5) is 0. The monoisotopic (exact) mass is 234 g/mol. The molecule has 0 bridgehead atoms. The lowest BCUT2D eigenvalue weighted by Gasteiger charge is -2.40. The van der Waals surface area contributed by atoms with Crippen molar-refractivity contribution in [2.75, 3.05) is 52.9 Å². The average molecular weight is 234 g/mol. The van der Waals surface area contributed by atoms with Crippen LogP contribution in [-0.2, 0) is 18.9 Å². The molecule has 0 amide bonds. The van der Waals surface area contributed by atoms with Gasteiger partial charge in [-0.2, -0.15) is 0 Å². The Bertz CT molecular complexity index is 164. The minimum absolute atomic E-state index is 0.0577. The summed E-state index contributed by atoms with van der Waals surface area (Å²) < 4.78 is 21.2. The Morgan fingerprint density at radius 2 is 1.69 bits per heavy atom. The Labute approximate surface area is 96.6 Å². The van der Waals surface area contributed by atoms with Crippen LogP contribution >= 0.6 is 0 Å². The van der Waals surface area contributed by atoms with E-state index in [1.54, 1.807) is 0 Å². The van der Waals surface area contributed by atoms with Gasteiger partial charge in [0.2, 0.25) is 0 Å². The van der Waals surface area contributed by atoms with E-state index in [4.69, 9.17) is 24.1 Å². The van der Waals surface area contributed by atoms with Crippen molar-refractivity contribution < 1.29 is 24.1 Å². The number of rotatable bonds is 10. The summed E-state index contributed by atoms with van der Waals surface area (Å²) in [6.45, 7) is 6.15. The zero-order valence-electron chi connectivity index (χ0n) is 9.94. The second-order valence-electron chi connectivity index (χ2n) is 3.83. The highest BCUT2D eigenvalue weighted by Gasteiger charge is 2.37. The molecule has 5 nitrogen and oxygen atoms in total. The van der Waals surface area contributed by atoms with Crippen molar-refractivity contribution >= 4 is 0 Å². The molecule has 0 aliphatic carbocycles. The van der Waals surface area contributed by atoms with Crippen molar-refractivity contribution in [1.29, 1.82) is 0 Å². The van der Waals surface area contributed by atoms with E-state index >= 15 is 0 Å². The first-order valence-electron chi connectivity index (χ1n) is 5.81. The van der Waals surface area contributed by atoms with E-state index in [0.29, 0.717) is 46.2 Å². The highest BCUT2D eigenvalue weighted by molar-refractivity contribution is 4.85. The fourth-order valence-corrected chi connectivity index (χ4v) is 1.42. The fourth-order valence-electron chi connectivity index (χ4n) is 1.42. The molecule has 1 aliphatic rings. The topological polar surface area (TPSA) is 57.2 Å². The van der Waals surface area contributed by atoms with Gasteiger partial charge in [-0.25, -0.2) is 0 Å². The van der Waals surface area contributed by atoms with Crippen molar-refractivity contribution in [1.82, 2.24) is 0 Å². The molecule has 1 N–H and O–H groups in total. The molecule has 0 spiro atoms. The molecule has 5 heteroatoms. The molecule has 1 aliphatic heterocycles. The van der Waals surface area contributed by atoms with Crippen LogP contribution in [0.4, 0.5) is 0 Å². The van der Waals surface area contributed by atoms with Crippen LogP contribution in [0.3, 0.4) is 0 Å². The summed E-state index contributed by atoms with van der Waals surface area (Å²) in [7, 11) is 0. The van der Waals surface area contributed by atoms with Gasteiger partial charge in [0.05, 0.1) is 52.9 Å². The van der Waals surface area contributed by atoms with Gasteiger partial charge in [-0.15, -0.1) is 0 Å². The maximum Gasteiger partial charge on any atom is 0.114 e. The zero-order chi connectivity index (χ0) is 11.7. The Morgan fingerprint density at radius 3 is 2.19 bits per heavy atom. The van der Waals surface area contributed by atoms with E-state index < -0.39 is 0 Å². The quantitative estimate of drug-likeness (QED) is 0.547. The van der Waals surface area contributed by atoms with Gasteiger partial charge < -0.3 is 24.1 Å². The molecule has 0 aromatic carbocycles. The van der Waals surface area contributed by atoms with Crippen LogP contribution in [0.1, 0.15) is 13.3 Å². The fraction of sp³-hybridized carbons (Fsp3) is 1.00. The van der Waals surface area contributed by atoms with Crippen LogP contribution in [0.5, 0.6) is 0 Å². The summed E-state index contributed by atoms with van der Waals surface area (Å²) in [5.74, 6) is 0. The van der Waals surface area contributed by atoms with Crippen molar-refractivity contribution in [2.45, 2.75) is 18.9 Å². The molecule has 1 fully saturated rings. The van der Waals surface area contributed by atoms with Gasteiger partial charge in [-0.3, -0.25) is 0 Å². The third kappa shape index (κ3) is 4.76. The smallest absolute Gasteiger partial charge is 0.114 e. The molecule has 16 heavy (non-hydrogen) atoms. The normalized spacial score (nSPS) is 18.4. The van der Waals surface area contributed by atoms with Gasteiger partial charge in [0.1, 0.15) is 5.60 Å². The number of hydrogen-bond donors (Lipinski definition) is 1. The maximum atomic E-state index is 8.46. The Hall–Kier alpha value is -0.200. The summed E-state index contributed by atoms with van der Waals surface area (Å²) in [6.07, 6.45) is 0.979. The van der Waals surface area contributed by atoms with Crippen molar-refractivity contribution in [3.8, 4) is 0 Å². The Balaban J connectivity index is 1.84. The standard InChI is InChI=1S/C11H22O5/c1-2-11(9-15-10-11)16-8-7-14-6-5-13-4-3-12/h12H,2-10H2,1H3. The van der Waals surface area contributed by atoms with E-state index in [-0.39, 0.29) is 12.2 Å². The van der Waals surface area contributed by atoms with Crippen LogP contribution in [0, 0.1) is 0 Å². The van der Waals surface area contributed by atoms with Crippen LogP contribution in [0.2, 0.25) is 0 Å². The van der Waals surface area contributed by atoms with E-state index in [1.807, 2.05) is 0 Å². The van der Waals surface area contributed by atoms with Crippen LogP contribution in [0.25, 0.3) is 0 Å². The predicted octanol–water partition coefficient (Wildman–Crippen LogP) is 0.207. The average Bonchev–Trinajstić information content (AvgIpc) is 2.25. The molecule has 0 aromatic rings. The second-order valence-corrected chi connectivity index (χ2v) is 3.83. The lowest BCUT2D eigenvalue weighted by molar-refractivity contribution is -0.215. The van der Waals surface area contributed by atoms with Crippen molar-refractivity contribution in [2.24, 2.45) is 0 Å². The molecule has 96 valence electrons. The van der Waals surface area contributed by atoms with Gasteiger partial charge in [0, 0.05) is 0 Å². The number of ether oxygens (including phenoxy) is 4. The molecule has 0 unspecified atom stereocenters. The molecule has 1 saturated heterocycles. The van der Waals surface area contributed by atoms with Crippen LogP contribution in [-0.4, -0.2) is 63.6 Å². The lowest BCUT2D eigenvalue weighted by atomic mass is 9.99. The number of aliphatic hydroxyl groups excluding tert-OH is 1. The van der Waals surface area contributed by atoms with E-state index in [0.717, 1.165) is 6.42 Å². The first kappa shape index (κ1) is 13.9. The number of aliphatic hydroxyl groups is 1. The lowest BCUT2D eigenvalue weighted by Crippen LogP contribution is -2.51. The van der Waals surface area contributed by atoms with E-state index in [2.05, 4.69) is 6.92 Å². The third-order valence-electron chi connectivity index (χ3n) is 2.62. The van der Waals surface area contributed by atoms with Crippen LogP contribution < -0.4 is 0 Å². The third-order valence-corrected chi connectivity index (χ3v) is 2.62. The highest BCUT2D eigenvalue weighted by Crippen LogP contribution is 2.25. The van der Waals surface area contributed by atoms with Gasteiger partial charge >= 0.3 is 0 Å². The summed E-state index contributed by atoms with van der Waals surface area (Å²) in [5.41, 5.74) is -0.0588. The second kappa shape index (κ2) is 7.97. The SMILES string of the molecule is CCC1(OCCOCCOCCO)COC1. The Morgan fingerprint density at radius 1 is 1.06 bits per heavy atom. The summed E-state index contributed by atoms with van der Waals surface area (Å²) in [5, 5.41) is 8.46. The largest absolute Gasteiger partial charge is 0.394 e. The first-order chi connectivity index (χ1) is 7.83. The number of hydrogen-bond acceptors (Lipinski definition) is 5. The van der Waals surface area contributed by atoms with Gasteiger partial charge in [0.25, 0.3) is 0 Å². The molecular formula is C11H22O5. The molecule has 0 saturated carbocycles. The summed E-state index contributed by atoms with van der Waals surface area (Å²) in [6, 6.07) is 0. The molecule has 0 aromatic heterocycles. The van der Waals surface area contributed by atoms with Crippen molar-refractivity contribution in [3.05, 3.63) is 0 Å². The minimum atomic E-state index is -0.0588. The maximum absolute atomic E-state index is 8.46. The first-order valence-corrected chi connectivity index (χ1v) is 5.81. The minimum Gasteiger partial charge on any atom is -0.394 e. The predicted molar refractivity (Wildman–Crippen MR) is 58.5 cm³/mol. The van der Waals surface area contributed by atoms with Gasteiger partial charge in [-0.05, 0) is 6.42 Å². The Kier molecular flexibility index (Phi) is 6.91. The van der Waals surface area contributed by atoms with Gasteiger partial charge in [0.15, 0.2) is 0 Å². The van der Waals surface area contributed by atoms with Crippen LogP contribution in [0.15, 0.2) is 0 Å². The molecular weight excluding hydrogens is 212 g/mol. The van der Waals surface area contributed by atoms with Crippen molar-refractivity contribution in [3.63, 3.8) is 0 Å². The van der Waals surface area contributed by atoms with E-state index in [1.165, 1.54) is 0 Å². The molecule has 1 rings (SSSR count).